The van der Waals surface area contributed by atoms with E-state index in [9.17, 15) is 9.59 Å². The van der Waals surface area contributed by atoms with E-state index in [0.717, 1.165) is 61.6 Å². The summed E-state index contributed by atoms with van der Waals surface area (Å²) in [6.45, 7) is 8.09. The number of ether oxygens (including phenoxy) is 1. The number of rotatable bonds is 10. The monoisotopic (exact) mass is 452 g/mol. The molecule has 0 spiro atoms. The molecule has 2 N–H and O–H groups in total. The lowest BCUT2D eigenvalue weighted by molar-refractivity contribution is -0.127. The van der Waals surface area contributed by atoms with Gasteiger partial charge in [-0.15, -0.1) is 0 Å². The minimum Gasteiger partial charge on any atom is -0.497 e. The third-order valence-corrected chi connectivity index (χ3v) is 6.25. The van der Waals surface area contributed by atoms with E-state index < -0.39 is 0 Å². The van der Waals surface area contributed by atoms with Crippen LogP contribution in [0.4, 0.5) is 5.69 Å². The molecule has 1 heterocycles. The molecule has 2 aromatic rings. The molecule has 33 heavy (non-hydrogen) atoms. The number of para-hydroxylation sites is 1. The van der Waals surface area contributed by atoms with Crippen LogP contribution >= 0.6 is 0 Å². The number of nitrogens with zero attached hydrogens (tertiary/aromatic N) is 2. The highest BCUT2D eigenvalue weighted by Crippen LogP contribution is 2.16. The number of piperazine rings is 1. The van der Waals surface area contributed by atoms with Crippen LogP contribution in [0.5, 0.6) is 5.75 Å². The van der Waals surface area contributed by atoms with Crippen LogP contribution in [-0.4, -0.2) is 74.0 Å². The molecule has 2 aromatic carbocycles. The summed E-state index contributed by atoms with van der Waals surface area (Å²) in [5.74, 6) is 0.887. The minimum atomic E-state index is -0.187. The summed E-state index contributed by atoms with van der Waals surface area (Å²) in [5.41, 5.74) is 3.20. The van der Waals surface area contributed by atoms with Gasteiger partial charge in [-0.2, -0.15) is 0 Å². The van der Waals surface area contributed by atoms with E-state index in [0.29, 0.717) is 13.1 Å². The summed E-state index contributed by atoms with van der Waals surface area (Å²) in [5, 5.41) is 6.09. The normalized spacial score (nSPS) is 15.6. The van der Waals surface area contributed by atoms with E-state index >= 15 is 0 Å². The van der Waals surface area contributed by atoms with Crippen LogP contribution in [0.1, 0.15) is 25.0 Å². The van der Waals surface area contributed by atoms with Crippen molar-refractivity contribution in [3.8, 4) is 5.75 Å². The largest absolute Gasteiger partial charge is 0.497 e. The number of nitrogens with one attached hydrogen (secondary N) is 2. The van der Waals surface area contributed by atoms with Crippen LogP contribution in [0, 0.1) is 0 Å². The number of aryl methyl sites for hydroxylation is 1. The number of carbonyl (C=O) groups is 2. The summed E-state index contributed by atoms with van der Waals surface area (Å²) in [6.07, 6.45) is 1.67. The molecule has 1 fully saturated rings. The number of methoxy groups -OCH3 is 1. The fourth-order valence-corrected chi connectivity index (χ4v) is 4.09. The van der Waals surface area contributed by atoms with Crippen molar-refractivity contribution in [1.29, 1.82) is 0 Å². The van der Waals surface area contributed by atoms with Crippen molar-refractivity contribution in [1.82, 2.24) is 15.1 Å². The van der Waals surface area contributed by atoms with Gasteiger partial charge in [0, 0.05) is 38.4 Å². The lowest BCUT2D eigenvalue weighted by Crippen LogP contribution is -2.54. The van der Waals surface area contributed by atoms with Gasteiger partial charge in [-0.25, -0.2) is 0 Å². The zero-order chi connectivity index (χ0) is 23.6. The third kappa shape index (κ3) is 7.30. The number of carbonyl (C=O) groups excluding carboxylic acids is 2. The molecular weight excluding hydrogens is 416 g/mol. The Morgan fingerprint density at radius 2 is 1.73 bits per heavy atom. The molecule has 0 aromatic heterocycles. The predicted octanol–water partition coefficient (Wildman–Crippen LogP) is 2.56. The minimum absolute atomic E-state index is 0.00803. The molecular formula is C26H36N4O3. The number of hydrogen-bond acceptors (Lipinski definition) is 5. The van der Waals surface area contributed by atoms with E-state index in [1.54, 1.807) is 7.11 Å². The lowest BCUT2D eigenvalue weighted by atomic mass is 10.1. The predicted molar refractivity (Wildman–Crippen MR) is 132 cm³/mol. The Balaban J connectivity index is 1.37. The van der Waals surface area contributed by atoms with Gasteiger partial charge in [0.05, 0.1) is 19.7 Å². The van der Waals surface area contributed by atoms with Crippen LogP contribution in [-0.2, 0) is 22.4 Å². The van der Waals surface area contributed by atoms with Crippen molar-refractivity contribution in [2.24, 2.45) is 0 Å². The highest BCUT2D eigenvalue weighted by molar-refractivity contribution is 5.93. The Morgan fingerprint density at radius 1 is 1.03 bits per heavy atom. The van der Waals surface area contributed by atoms with Gasteiger partial charge in [-0.1, -0.05) is 37.3 Å². The maximum atomic E-state index is 12.6. The molecule has 0 bridgehead atoms. The topological polar surface area (TPSA) is 73.9 Å². The van der Waals surface area contributed by atoms with Crippen molar-refractivity contribution in [3.63, 3.8) is 0 Å². The summed E-state index contributed by atoms with van der Waals surface area (Å²) in [4.78, 5) is 29.4. The summed E-state index contributed by atoms with van der Waals surface area (Å²) < 4.78 is 5.17. The van der Waals surface area contributed by atoms with E-state index in [-0.39, 0.29) is 17.9 Å². The quantitative estimate of drug-likeness (QED) is 0.580. The first-order valence-electron chi connectivity index (χ1n) is 11.7. The number of anilines is 1. The third-order valence-electron chi connectivity index (χ3n) is 6.25. The Bertz CT molecular complexity index is 908. The van der Waals surface area contributed by atoms with E-state index in [4.69, 9.17) is 4.74 Å². The highest BCUT2D eigenvalue weighted by Gasteiger charge is 2.26. The summed E-state index contributed by atoms with van der Waals surface area (Å²) in [6, 6.07) is 15.6. The number of benzene rings is 2. The van der Waals surface area contributed by atoms with Crippen LogP contribution in [0.2, 0.25) is 0 Å². The molecule has 1 saturated heterocycles. The molecule has 0 saturated carbocycles. The molecule has 1 atom stereocenters. The zero-order valence-electron chi connectivity index (χ0n) is 20.0. The average molecular weight is 453 g/mol. The molecule has 0 aliphatic carbocycles. The number of hydrogen-bond donors (Lipinski definition) is 2. The van der Waals surface area contributed by atoms with E-state index in [1.165, 1.54) is 0 Å². The fourth-order valence-electron chi connectivity index (χ4n) is 4.09. The molecule has 178 valence electrons. The van der Waals surface area contributed by atoms with Gasteiger partial charge in [-0.05, 0) is 49.1 Å². The fraction of sp³-hybridized carbons (Fsp3) is 0.462. The highest BCUT2D eigenvalue weighted by atomic mass is 16.5. The smallest absolute Gasteiger partial charge is 0.238 e. The van der Waals surface area contributed by atoms with E-state index in [1.807, 2.05) is 55.5 Å². The first-order chi connectivity index (χ1) is 16.0. The standard InChI is InChI=1S/C26H36N4O3/c1-4-22-7-5-6-8-24(22)28-25(31)19-29-15-17-30(18-16-29)20(2)26(32)27-14-13-21-9-11-23(33-3)12-10-21/h5-12,20H,4,13-19H2,1-3H3,(H,27,32)(H,28,31). The van der Waals surface area contributed by atoms with Crippen LogP contribution in [0.25, 0.3) is 0 Å². The maximum Gasteiger partial charge on any atom is 0.238 e. The second-order valence-corrected chi connectivity index (χ2v) is 8.44. The first-order valence-corrected chi connectivity index (χ1v) is 11.7. The second-order valence-electron chi connectivity index (χ2n) is 8.44. The zero-order valence-corrected chi connectivity index (χ0v) is 20.0. The first kappa shape index (κ1) is 24.7. The van der Waals surface area contributed by atoms with Crippen LogP contribution in [0.15, 0.2) is 48.5 Å². The van der Waals surface area contributed by atoms with Crippen molar-refractivity contribution < 1.29 is 14.3 Å². The van der Waals surface area contributed by atoms with Gasteiger partial charge in [0.1, 0.15) is 5.75 Å². The van der Waals surface area contributed by atoms with E-state index in [2.05, 4.69) is 27.4 Å². The second kappa shape index (κ2) is 12.4. The Labute approximate surface area is 197 Å². The van der Waals surface area contributed by atoms with Gasteiger partial charge in [0.2, 0.25) is 11.8 Å². The van der Waals surface area contributed by atoms with Crippen molar-refractivity contribution >= 4 is 17.5 Å². The molecule has 7 heteroatoms. The lowest BCUT2D eigenvalue weighted by Gasteiger charge is -2.37. The van der Waals surface area contributed by atoms with Gasteiger partial charge < -0.3 is 15.4 Å². The van der Waals surface area contributed by atoms with Crippen molar-refractivity contribution in [3.05, 3.63) is 59.7 Å². The van der Waals surface area contributed by atoms with Gasteiger partial charge in [0.25, 0.3) is 0 Å². The molecule has 1 unspecified atom stereocenters. The molecule has 7 nitrogen and oxygen atoms in total. The average Bonchev–Trinajstić information content (AvgIpc) is 2.84. The SMILES string of the molecule is CCc1ccccc1NC(=O)CN1CCN(C(C)C(=O)NCCc2ccc(OC)cc2)CC1. The number of amides is 2. The maximum absolute atomic E-state index is 12.6. The molecule has 0 radical (unpaired) electrons. The van der Waals surface area contributed by atoms with Gasteiger partial charge in [-0.3, -0.25) is 19.4 Å². The van der Waals surface area contributed by atoms with Crippen LogP contribution < -0.4 is 15.4 Å². The van der Waals surface area contributed by atoms with Gasteiger partial charge in [0.15, 0.2) is 0 Å². The summed E-state index contributed by atoms with van der Waals surface area (Å²) >= 11 is 0. The molecule has 1 aliphatic heterocycles. The van der Waals surface area contributed by atoms with Crippen LogP contribution in [0.3, 0.4) is 0 Å². The Kier molecular flexibility index (Phi) is 9.27. The Morgan fingerprint density at radius 3 is 2.39 bits per heavy atom. The molecule has 2 amide bonds. The van der Waals surface area contributed by atoms with Crippen molar-refractivity contribution in [2.75, 3.05) is 51.7 Å². The molecule has 1 aliphatic rings. The van der Waals surface area contributed by atoms with Gasteiger partial charge >= 0.3 is 0 Å². The summed E-state index contributed by atoms with van der Waals surface area (Å²) in [7, 11) is 1.65. The molecule has 3 rings (SSSR count). The Hall–Kier alpha value is -2.90. The van der Waals surface area contributed by atoms with Crippen molar-refractivity contribution in [2.45, 2.75) is 32.7 Å².